The van der Waals surface area contributed by atoms with E-state index < -0.39 is 0 Å². The van der Waals surface area contributed by atoms with E-state index in [9.17, 15) is 0 Å². The normalized spacial score (nSPS) is 32.0. The maximum absolute atomic E-state index is 3.70. The van der Waals surface area contributed by atoms with Crippen molar-refractivity contribution in [1.29, 1.82) is 0 Å². The van der Waals surface area contributed by atoms with Crippen LogP contribution in [0.5, 0.6) is 0 Å². The van der Waals surface area contributed by atoms with Crippen LogP contribution in [0.1, 0.15) is 50.3 Å². The molecule has 0 radical (unpaired) electrons. The molecule has 1 aliphatic heterocycles. The van der Waals surface area contributed by atoms with Crippen molar-refractivity contribution in [3.8, 4) is 0 Å². The molecular weight excluding hydrogens is 232 g/mol. The summed E-state index contributed by atoms with van der Waals surface area (Å²) >= 11 is 0. The number of aryl methyl sites for hydroxylation is 1. The second kappa shape index (κ2) is 5.26. The van der Waals surface area contributed by atoms with Crippen molar-refractivity contribution in [3.63, 3.8) is 0 Å². The highest BCUT2D eigenvalue weighted by Gasteiger charge is 2.34. The number of nitrogens with one attached hydrogen (secondary N) is 1. The maximum atomic E-state index is 3.70. The van der Waals surface area contributed by atoms with Gasteiger partial charge in [-0.15, -0.1) is 0 Å². The summed E-state index contributed by atoms with van der Waals surface area (Å²) < 4.78 is 0. The molecule has 2 aliphatic rings. The predicted molar refractivity (Wildman–Crippen MR) is 80.4 cm³/mol. The van der Waals surface area contributed by atoms with Crippen LogP contribution in [-0.4, -0.2) is 30.1 Å². The van der Waals surface area contributed by atoms with Crippen LogP contribution in [0.4, 0.5) is 0 Å². The molecule has 0 amide bonds. The third kappa shape index (κ3) is 2.56. The van der Waals surface area contributed by atoms with Crippen molar-refractivity contribution in [2.45, 2.75) is 51.1 Å². The molecule has 1 fully saturated rings. The molecule has 2 unspecified atom stereocenters. The van der Waals surface area contributed by atoms with Crippen LogP contribution in [0, 0.1) is 0 Å². The first-order valence-corrected chi connectivity index (χ1v) is 7.79. The Morgan fingerprint density at radius 3 is 3.05 bits per heavy atom. The molecule has 3 rings (SSSR count). The van der Waals surface area contributed by atoms with Crippen molar-refractivity contribution in [3.05, 3.63) is 35.4 Å². The Bertz CT molecular complexity index is 443. The lowest BCUT2D eigenvalue weighted by atomic mass is 9.85. The number of hydrogen-bond donors (Lipinski definition) is 1. The summed E-state index contributed by atoms with van der Waals surface area (Å²) in [7, 11) is 0. The molecule has 1 aliphatic carbocycles. The second-order valence-electron chi connectivity index (χ2n) is 6.42. The molecule has 2 nitrogen and oxygen atoms in total. The highest BCUT2D eigenvalue weighted by atomic mass is 15.2. The van der Waals surface area contributed by atoms with Gasteiger partial charge >= 0.3 is 0 Å². The molecule has 0 aromatic heterocycles. The Balaban J connectivity index is 1.83. The smallest absolute Gasteiger partial charge is 0.0352 e. The van der Waals surface area contributed by atoms with Gasteiger partial charge in [0.25, 0.3) is 0 Å². The zero-order valence-corrected chi connectivity index (χ0v) is 12.3. The Morgan fingerprint density at radius 2 is 2.21 bits per heavy atom. The standard InChI is InChI=1S/C17H26N2/c1-3-17(2)13-19(12-11-18-17)16-10-6-8-14-7-4-5-9-15(14)16/h4-5,7,9,16,18H,3,6,8,10-13H2,1-2H3. The lowest BCUT2D eigenvalue weighted by molar-refractivity contribution is 0.0888. The van der Waals surface area contributed by atoms with Gasteiger partial charge in [-0.3, -0.25) is 4.90 Å². The minimum atomic E-state index is 0.296. The largest absolute Gasteiger partial charge is 0.309 e. The summed E-state index contributed by atoms with van der Waals surface area (Å²) in [5.41, 5.74) is 3.47. The highest BCUT2D eigenvalue weighted by molar-refractivity contribution is 5.32. The van der Waals surface area contributed by atoms with Crippen LogP contribution in [-0.2, 0) is 6.42 Å². The van der Waals surface area contributed by atoms with E-state index in [0.29, 0.717) is 11.6 Å². The minimum Gasteiger partial charge on any atom is -0.309 e. The van der Waals surface area contributed by atoms with Gasteiger partial charge in [-0.2, -0.15) is 0 Å². The van der Waals surface area contributed by atoms with Gasteiger partial charge in [0.15, 0.2) is 0 Å². The van der Waals surface area contributed by atoms with Gasteiger partial charge in [-0.25, -0.2) is 0 Å². The first kappa shape index (κ1) is 13.1. The maximum Gasteiger partial charge on any atom is 0.0352 e. The summed E-state index contributed by atoms with van der Waals surface area (Å²) in [6, 6.07) is 9.72. The van der Waals surface area contributed by atoms with Gasteiger partial charge in [0.2, 0.25) is 0 Å². The number of nitrogens with zero attached hydrogens (tertiary/aromatic N) is 1. The van der Waals surface area contributed by atoms with Crippen molar-refractivity contribution in [2.24, 2.45) is 0 Å². The predicted octanol–water partition coefficient (Wildman–Crippen LogP) is 3.14. The molecule has 1 saturated heterocycles. The molecule has 1 heterocycles. The van der Waals surface area contributed by atoms with Crippen LogP contribution in [0.2, 0.25) is 0 Å². The Morgan fingerprint density at radius 1 is 1.37 bits per heavy atom. The molecule has 19 heavy (non-hydrogen) atoms. The zero-order valence-electron chi connectivity index (χ0n) is 12.3. The van der Waals surface area contributed by atoms with E-state index in [1.165, 1.54) is 38.8 Å². The minimum absolute atomic E-state index is 0.296. The average molecular weight is 258 g/mol. The van der Waals surface area contributed by atoms with E-state index in [1.807, 2.05) is 0 Å². The van der Waals surface area contributed by atoms with Crippen LogP contribution >= 0.6 is 0 Å². The molecular formula is C17H26N2. The average Bonchev–Trinajstić information content (AvgIpc) is 2.47. The fraction of sp³-hybridized carbons (Fsp3) is 0.647. The third-order valence-corrected chi connectivity index (χ3v) is 5.06. The number of hydrogen-bond acceptors (Lipinski definition) is 2. The summed E-state index contributed by atoms with van der Waals surface area (Å²) in [5, 5.41) is 3.70. The quantitative estimate of drug-likeness (QED) is 0.876. The first-order chi connectivity index (χ1) is 9.22. The number of piperazine rings is 1. The van der Waals surface area contributed by atoms with Gasteiger partial charge in [-0.1, -0.05) is 31.2 Å². The summed E-state index contributed by atoms with van der Waals surface area (Å²) in [6.45, 7) is 8.17. The van der Waals surface area contributed by atoms with Gasteiger partial charge < -0.3 is 5.32 Å². The monoisotopic (exact) mass is 258 g/mol. The molecule has 104 valence electrons. The Hall–Kier alpha value is -0.860. The lowest BCUT2D eigenvalue weighted by Crippen LogP contribution is -2.59. The molecule has 0 spiro atoms. The van der Waals surface area contributed by atoms with E-state index in [0.717, 1.165) is 6.54 Å². The zero-order chi connectivity index (χ0) is 13.3. The van der Waals surface area contributed by atoms with E-state index in [4.69, 9.17) is 0 Å². The molecule has 2 atom stereocenters. The number of fused-ring (bicyclic) bond motifs is 1. The van der Waals surface area contributed by atoms with Gasteiger partial charge in [0.05, 0.1) is 0 Å². The van der Waals surface area contributed by atoms with Crippen LogP contribution in [0.15, 0.2) is 24.3 Å². The fourth-order valence-electron chi connectivity index (χ4n) is 3.69. The fourth-order valence-corrected chi connectivity index (χ4v) is 3.69. The molecule has 2 heteroatoms. The van der Waals surface area contributed by atoms with Gasteiger partial charge in [0, 0.05) is 31.2 Å². The first-order valence-electron chi connectivity index (χ1n) is 7.79. The molecule has 1 aromatic carbocycles. The molecule has 0 bridgehead atoms. The lowest BCUT2D eigenvalue weighted by Gasteiger charge is -2.46. The molecule has 1 aromatic rings. The highest BCUT2D eigenvalue weighted by Crippen LogP contribution is 2.35. The summed E-state index contributed by atoms with van der Waals surface area (Å²) in [4.78, 5) is 2.72. The van der Waals surface area contributed by atoms with Crippen LogP contribution < -0.4 is 5.32 Å². The summed E-state index contributed by atoms with van der Waals surface area (Å²) in [6.07, 6.45) is 5.15. The van der Waals surface area contributed by atoms with Crippen LogP contribution in [0.25, 0.3) is 0 Å². The SMILES string of the molecule is CCC1(C)CN(C2CCCc3ccccc32)CCN1. The second-order valence-corrected chi connectivity index (χ2v) is 6.42. The molecule has 0 saturated carbocycles. The van der Waals surface area contributed by atoms with Crippen molar-refractivity contribution in [2.75, 3.05) is 19.6 Å². The van der Waals surface area contributed by atoms with Crippen LogP contribution in [0.3, 0.4) is 0 Å². The van der Waals surface area contributed by atoms with E-state index in [2.05, 4.69) is 48.3 Å². The van der Waals surface area contributed by atoms with Gasteiger partial charge in [-0.05, 0) is 43.7 Å². The van der Waals surface area contributed by atoms with Crippen molar-refractivity contribution in [1.82, 2.24) is 10.2 Å². The third-order valence-electron chi connectivity index (χ3n) is 5.06. The Labute approximate surface area is 117 Å². The number of rotatable bonds is 2. The van der Waals surface area contributed by atoms with Crippen molar-refractivity contribution < 1.29 is 0 Å². The topological polar surface area (TPSA) is 15.3 Å². The Kier molecular flexibility index (Phi) is 3.64. The van der Waals surface area contributed by atoms with E-state index in [1.54, 1.807) is 11.1 Å². The van der Waals surface area contributed by atoms with Crippen molar-refractivity contribution >= 4 is 0 Å². The van der Waals surface area contributed by atoms with E-state index >= 15 is 0 Å². The summed E-state index contributed by atoms with van der Waals surface area (Å²) in [5.74, 6) is 0. The number of benzene rings is 1. The van der Waals surface area contributed by atoms with E-state index in [-0.39, 0.29) is 0 Å². The van der Waals surface area contributed by atoms with Gasteiger partial charge in [0.1, 0.15) is 0 Å². The molecule has 1 N–H and O–H groups in total.